The van der Waals surface area contributed by atoms with Gasteiger partial charge in [0.05, 0.1) is 0 Å². The maximum atomic E-state index is 6.14. The van der Waals surface area contributed by atoms with Crippen LogP contribution in [0.5, 0.6) is 5.75 Å². The third kappa shape index (κ3) is 3.48. The third-order valence-corrected chi connectivity index (χ3v) is 4.38. The first-order valence-corrected chi connectivity index (χ1v) is 7.77. The molecule has 2 unspecified atom stereocenters. The molecule has 0 radical (unpaired) electrons. The number of rotatable bonds is 4. The lowest BCUT2D eigenvalue weighted by molar-refractivity contribution is 0.0904. The quantitative estimate of drug-likeness (QED) is 0.716. The smallest absolute Gasteiger partial charge is 0.119 e. The maximum Gasteiger partial charge on any atom is 0.119 e. The Morgan fingerprint density at radius 1 is 1.18 bits per heavy atom. The molecule has 94 valence electrons. The van der Waals surface area contributed by atoms with Crippen molar-refractivity contribution in [2.24, 2.45) is 5.92 Å². The molecule has 0 bridgehead atoms. The van der Waals surface area contributed by atoms with Gasteiger partial charge in [0.15, 0.2) is 0 Å². The topological polar surface area (TPSA) is 9.23 Å². The zero-order valence-electron chi connectivity index (χ0n) is 10.5. The summed E-state index contributed by atoms with van der Waals surface area (Å²) in [4.78, 5) is 0. The molecular weight excluding hydrogens is 276 g/mol. The van der Waals surface area contributed by atoms with Crippen molar-refractivity contribution in [3.8, 4) is 5.75 Å². The standard InChI is InChI=1S/C15H21BrO/c1-2-13-5-3-4-6-15(13)17-14-9-7-12(11-16)8-10-14/h7-10,13,15H,2-6,11H2,1H3. The van der Waals surface area contributed by atoms with Crippen molar-refractivity contribution in [1.82, 2.24) is 0 Å². The maximum absolute atomic E-state index is 6.14. The highest BCUT2D eigenvalue weighted by Gasteiger charge is 2.25. The Kier molecular flexibility index (Phi) is 4.90. The van der Waals surface area contributed by atoms with Gasteiger partial charge >= 0.3 is 0 Å². The lowest BCUT2D eigenvalue weighted by Gasteiger charge is -2.31. The number of benzene rings is 1. The van der Waals surface area contributed by atoms with Gasteiger partial charge in [0.2, 0.25) is 0 Å². The number of alkyl halides is 1. The van der Waals surface area contributed by atoms with E-state index in [1.165, 1.54) is 37.7 Å². The van der Waals surface area contributed by atoms with E-state index in [-0.39, 0.29) is 0 Å². The van der Waals surface area contributed by atoms with Crippen molar-refractivity contribution in [1.29, 1.82) is 0 Å². The molecule has 1 aromatic rings. The molecule has 0 spiro atoms. The van der Waals surface area contributed by atoms with Gasteiger partial charge in [-0.05, 0) is 49.3 Å². The Morgan fingerprint density at radius 3 is 2.53 bits per heavy atom. The molecule has 1 saturated carbocycles. The summed E-state index contributed by atoms with van der Waals surface area (Å²) in [6, 6.07) is 8.46. The zero-order chi connectivity index (χ0) is 12.1. The second-order valence-electron chi connectivity index (χ2n) is 4.89. The van der Waals surface area contributed by atoms with Crippen molar-refractivity contribution >= 4 is 15.9 Å². The molecule has 0 aromatic heterocycles. The first kappa shape index (κ1) is 12.9. The van der Waals surface area contributed by atoms with Crippen LogP contribution in [-0.2, 0) is 5.33 Å². The van der Waals surface area contributed by atoms with Gasteiger partial charge in [-0.3, -0.25) is 0 Å². The minimum atomic E-state index is 0.434. The molecule has 1 aliphatic rings. The molecule has 0 saturated heterocycles. The average molecular weight is 297 g/mol. The minimum Gasteiger partial charge on any atom is -0.490 e. The summed E-state index contributed by atoms with van der Waals surface area (Å²) in [5.41, 5.74) is 1.30. The summed E-state index contributed by atoms with van der Waals surface area (Å²) in [7, 11) is 0. The molecule has 2 rings (SSSR count). The Hall–Kier alpha value is -0.500. The van der Waals surface area contributed by atoms with E-state index in [1.807, 2.05) is 0 Å². The van der Waals surface area contributed by atoms with E-state index in [4.69, 9.17) is 4.74 Å². The fraction of sp³-hybridized carbons (Fsp3) is 0.600. The molecular formula is C15H21BrO. The van der Waals surface area contributed by atoms with Gasteiger partial charge in [-0.25, -0.2) is 0 Å². The average Bonchev–Trinajstić information content (AvgIpc) is 2.40. The van der Waals surface area contributed by atoms with Gasteiger partial charge in [-0.15, -0.1) is 0 Å². The van der Waals surface area contributed by atoms with E-state index in [0.717, 1.165) is 17.0 Å². The third-order valence-electron chi connectivity index (χ3n) is 3.73. The molecule has 1 fully saturated rings. The van der Waals surface area contributed by atoms with Crippen LogP contribution in [-0.4, -0.2) is 6.10 Å². The number of hydrogen-bond donors (Lipinski definition) is 0. The molecule has 1 aliphatic carbocycles. The van der Waals surface area contributed by atoms with Gasteiger partial charge in [-0.2, -0.15) is 0 Å². The lowest BCUT2D eigenvalue weighted by atomic mass is 9.85. The van der Waals surface area contributed by atoms with Gasteiger partial charge in [0.25, 0.3) is 0 Å². The van der Waals surface area contributed by atoms with Gasteiger partial charge < -0.3 is 4.74 Å². The van der Waals surface area contributed by atoms with Crippen LogP contribution in [0.1, 0.15) is 44.6 Å². The van der Waals surface area contributed by atoms with E-state index >= 15 is 0 Å². The van der Waals surface area contributed by atoms with Crippen molar-refractivity contribution < 1.29 is 4.74 Å². The highest BCUT2D eigenvalue weighted by Crippen LogP contribution is 2.30. The van der Waals surface area contributed by atoms with Crippen molar-refractivity contribution in [2.75, 3.05) is 0 Å². The van der Waals surface area contributed by atoms with Crippen LogP contribution in [0.15, 0.2) is 24.3 Å². The Bertz CT molecular complexity index is 333. The molecule has 2 heteroatoms. The molecule has 0 heterocycles. The number of hydrogen-bond acceptors (Lipinski definition) is 1. The molecule has 0 N–H and O–H groups in total. The van der Waals surface area contributed by atoms with Crippen LogP contribution in [0, 0.1) is 5.92 Å². The lowest BCUT2D eigenvalue weighted by Crippen LogP contribution is -2.29. The second kappa shape index (κ2) is 6.44. The number of halogens is 1. The summed E-state index contributed by atoms with van der Waals surface area (Å²) in [5, 5.41) is 0.911. The molecule has 1 aromatic carbocycles. The monoisotopic (exact) mass is 296 g/mol. The van der Waals surface area contributed by atoms with E-state index in [2.05, 4.69) is 47.1 Å². The fourth-order valence-corrected chi connectivity index (χ4v) is 3.00. The van der Waals surface area contributed by atoms with Crippen LogP contribution in [0.4, 0.5) is 0 Å². The van der Waals surface area contributed by atoms with E-state index in [0.29, 0.717) is 6.10 Å². The predicted octanol–water partition coefficient (Wildman–Crippen LogP) is 4.93. The number of ether oxygens (including phenoxy) is 1. The summed E-state index contributed by atoms with van der Waals surface area (Å²) in [5.74, 6) is 1.78. The predicted molar refractivity (Wildman–Crippen MR) is 75.7 cm³/mol. The largest absolute Gasteiger partial charge is 0.490 e. The van der Waals surface area contributed by atoms with Gasteiger partial charge in [0, 0.05) is 5.33 Å². The Labute approximate surface area is 113 Å². The fourth-order valence-electron chi connectivity index (χ4n) is 2.63. The van der Waals surface area contributed by atoms with Gasteiger partial charge in [-0.1, -0.05) is 41.4 Å². The molecule has 0 aliphatic heterocycles. The zero-order valence-corrected chi connectivity index (χ0v) is 12.1. The van der Waals surface area contributed by atoms with Crippen LogP contribution in [0.3, 0.4) is 0 Å². The normalized spacial score (nSPS) is 24.6. The highest BCUT2D eigenvalue weighted by molar-refractivity contribution is 9.08. The van der Waals surface area contributed by atoms with Crippen molar-refractivity contribution in [3.63, 3.8) is 0 Å². The van der Waals surface area contributed by atoms with E-state index < -0.39 is 0 Å². The summed E-state index contributed by atoms with van der Waals surface area (Å²) in [6.07, 6.45) is 6.92. The first-order valence-electron chi connectivity index (χ1n) is 6.65. The first-order chi connectivity index (χ1) is 8.33. The Balaban J connectivity index is 1.98. The SMILES string of the molecule is CCC1CCCCC1Oc1ccc(CBr)cc1. The highest BCUT2D eigenvalue weighted by atomic mass is 79.9. The second-order valence-corrected chi connectivity index (χ2v) is 5.45. The summed E-state index contributed by atoms with van der Waals surface area (Å²) in [6.45, 7) is 2.28. The molecule has 2 atom stereocenters. The van der Waals surface area contributed by atoms with Gasteiger partial charge in [0.1, 0.15) is 11.9 Å². The molecule has 0 amide bonds. The molecule has 1 nitrogen and oxygen atoms in total. The van der Waals surface area contributed by atoms with E-state index in [9.17, 15) is 0 Å². The minimum absolute atomic E-state index is 0.434. The van der Waals surface area contributed by atoms with Crippen LogP contribution >= 0.6 is 15.9 Å². The summed E-state index contributed by atoms with van der Waals surface area (Å²) >= 11 is 3.46. The molecule has 17 heavy (non-hydrogen) atoms. The van der Waals surface area contributed by atoms with Crippen molar-refractivity contribution in [3.05, 3.63) is 29.8 Å². The van der Waals surface area contributed by atoms with Crippen LogP contribution < -0.4 is 4.74 Å². The Morgan fingerprint density at radius 2 is 1.88 bits per heavy atom. The summed E-state index contributed by atoms with van der Waals surface area (Å²) < 4.78 is 6.14. The van der Waals surface area contributed by atoms with Crippen LogP contribution in [0.2, 0.25) is 0 Å². The van der Waals surface area contributed by atoms with Crippen molar-refractivity contribution in [2.45, 2.75) is 50.5 Å². The van der Waals surface area contributed by atoms with Crippen LogP contribution in [0.25, 0.3) is 0 Å². The van der Waals surface area contributed by atoms with E-state index in [1.54, 1.807) is 0 Å².